The lowest BCUT2D eigenvalue weighted by Gasteiger charge is -2.25. The zero-order chi connectivity index (χ0) is 19.9. The molecule has 0 aliphatic carbocycles. The van der Waals surface area contributed by atoms with Crippen molar-refractivity contribution in [1.82, 2.24) is 0 Å². The van der Waals surface area contributed by atoms with E-state index >= 15 is 0 Å². The number of hydrogen-bond donors (Lipinski definition) is 0. The molecule has 0 aliphatic heterocycles. The van der Waals surface area contributed by atoms with Gasteiger partial charge in [0.25, 0.3) is 0 Å². The van der Waals surface area contributed by atoms with Crippen molar-refractivity contribution in [3.05, 3.63) is 76.3 Å². The van der Waals surface area contributed by atoms with Crippen LogP contribution in [-0.2, 0) is 5.41 Å². The van der Waals surface area contributed by atoms with Crippen LogP contribution in [0.15, 0.2) is 48.5 Å². The summed E-state index contributed by atoms with van der Waals surface area (Å²) in [4.78, 5) is 0. The molecule has 0 heterocycles. The fraction of sp³-hybridized carbons (Fsp3) is 0.308. The number of hydrogen-bond acceptors (Lipinski definition) is 0. The highest BCUT2D eigenvalue weighted by atomic mass is 31.0. The second-order valence-electron chi connectivity index (χ2n) is 8.77. The standard InChI is InChI=1S/C26H31P/c1-16-10-8-11-17(2)23(16)21-14-20(26(5,6)7)15-22(25(21)27)24-18(3)12-9-13-19(24)4/h8-15H,27H2,1-7H3. The molecular weight excluding hydrogens is 343 g/mol. The molecule has 0 saturated heterocycles. The van der Waals surface area contributed by atoms with Crippen molar-refractivity contribution < 1.29 is 0 Å². The molecule has 0 spiro atoms. The van der Waals surface area contributed by atoms with Gasteiger partial charge in [-0.3, -0.25) is 0 Å². The molecule has 140 valence electrons. The summed E-state index contributed by atoms with van der Waals surface area (Å²) < 4.78 is 0. The predicted octanol–water partition coefficient (Wildman–Crippen LogP) is 7.05. The van der Waals surface area contributed by atoms with Crippen molar-refractivity contribution in [1.29, 1.82) is 0 Å². The molecule has 0 bridgehead atoms. The molecule has 0 saturated carbocycles. The van der Waals surface area contributed by atoms with E-state index in [0.29, 0.717) is 0 Å². The van der Waals surface area contributed by atoms with Gasteiger partial charge in [-0.15, -0.1) is 9.24 Å². The third-order valence-corrected chi connectivity index (χ3v) is 6.17. The molecule has 0 radical (unpaired) electrons. The van der Waals surface area contributed by atoms with Crippen LogP contribution in [0.5, 0.6) is 0 Å². The first kappa shape index (κ1) is 19.8. The Morgan fingerprint density at radius 1 is 0.630 bits per heavy atom. The average molecular weight is 375 g/mol. The Bertz CT molecular complexity index is 890. The van der Waals surface area contributed by atoms with Gasteiger partial charge in [0.2, 0.25) is 0 Å². The van der Waals surface area contributed by atoms with E-state index in [9.17, 15) is 0 Å². The first-order chi connectivity index (χ1) is 12.6. The molecule has 27 heavy (non-hydrogen) atoms. The minimum absolute atomic E-state index is 0.0923. The van der Waals surface area contributed by atoms with Gasteiger partial charge in [-0.25, -0.2) is 0 Å². The molecule has 3 rings (SSSR count). The molecule has 3 aromatic rings. The van der Waals surface area contributed by atoms with E-state index in [4.69, 9.17) is 0 Å². The highest BCUT2D eigenvalue weighted by Gasteiger charge is 2.21. The van der Waals surface area contributed by atoms with Crippen LogP contribution in [-0.4, -0.2) is 0 Å². The first-order valence-electron chi connectivity index (χ1n) is 9.68. The van der Waals surface area contributed by atoms with Crippen LogP contribution in [0.4, 0.5) is 0 Å². The summed E-state index contributed by atoms with van der Waals surface area (Å²) in [5, 5.41) is 1.29. The van der Waals surface area contributed by atoms with E-state index < -0.39 is 0 Å². The van der Waals surface area contributed by atoms with Crippen molar-refractivity contribution in [2.75, 3.05) is 0 Å². The molecule has 0 aromatic heterocycles. The van der Waals surface area contributed by atoms with Gasteiger partial charge in [0.15, 0.2) is 0 Å². The van der Waals surface area contributed by atoms with Crippen molar-refractivity contribution in [3.63, 3.8) is 0 Å². The quantitative estimate of drug-likeness (QED) is 0.422. The molecule has 0 fully saturated rings. The third kappa shape index (κ3) is 3.74. The molecule has 1 atom stereocenters. The Morgan fingerprint density at radius 2 is 0.963 bits per heavy atom. The second kappa shape index (κ2) is 7.25. The summed E-state index contributed by atoms with van der Waals surface area (Å²) in [5.74, 6) is 0. The predicted molar refractivity (Wildman–Crippen MR) is 124 cm³/mol. The molecular formula is C26H31P. The minimum Gasteiger partial charge on any atom is -0.104 e. The first-order valence-corrected chi connectivity index (χ1v) is 10.3. The average Bonchev–Trinajstić information content (AvgIpc) is 2.56. The number of aryl methyl sites for hydroxylation is 4. The fourth-order valence-corrected chi connectivity index (χ4v) is 4.43. The summed E-state index contributed by atoms with van der Waals surface area (Å²) in [5.41, 5.74) is 12.2. The topological polar surface area (TPSA) is 0 Å². The lowest BCUT2D eigenvalue weighted by Crippen LogP contribution is -2.15. The van der Waals surface area contributed by atoms with E-state index in [1.807, 2.05) is 0 Å². The van der Waals surface area contributed by atoms with Crippen molar-refractivity contribution in [2.45, 2.75) is 53.9 Å². The van der Waals surface area contributed by atoms with E-state index in [2.05, 4.69) is 106 Å². The van der Waals surface area contributed by atoms with Gasteiger partial charge in [-0.1, -0.05) is 57.2 Å². The van der Waals surface area contributed by atoms with E-state index in [0.717, 1.165) is 0 Å². The van der Waals surface area contributed by atoms with Gasteiger partial charge in [-0.2, -0.15) is 0 Å². The molecule has 1 unspecified atom stereocenters. The zero-order valence-electron chi connectivity index (χ0n) is 17.7. The van der Waals surface area contributed by atoms with Gasteiger partial charge in [0.1, 0.15) is 0 Å². The maximum atomic E-state index is 3.04. The summed E-state index contributed by atoms with van der Waals surface area (Å²) >= 11 is 0. The monoisotopic (exact) mass is 374 g/mol. The molecule has 1 heteroatoms. The van der Waals surface area contributed by atoms with E-state index in [1.165, 1.54) is 55.4 Å². The highest BCUT2D eigenvalue weighted by molar-refractivity contribution is 7.28. The van der Waals surface area contributed by atoms with E-state index in [1.54, 1.807) is 0 Å². The van der Waals surface area contributed by atoms with Crippen LogP contribution in [0.25, 0.3) is 22.3 Å². The molecule has 0 N–H and O–H groups in total. The number of benzene rings is 3. The maximum Gasteiger partial charge on any atom is -0.00978 e. The second-order valence-corrected chi connectivity index (χ2v) is 9.35. The van der Waals surface area contributed by atoms with Gasteiger partial charge in [0, 0.05) is 0 Å². The maximum absolute atomic E-state index is 3.04. The Labute approximate surface area is 167 Å². The summed E-state index contributed by atoms with van der Waals surface area (Å²) in [6.07, 6.45) is 0. The lowest BCUT2D eigenvalue weighted by atomic mass is 9.81. The SMILES string of the molecule is Cc1cccc(C)c1-c1cc(C(C)(C)C)cc(-c2c(C)cccc2C)c1P. The molecule has 0 nitrogen and oxygen atoms in total. The third-order valence-electron chi connectivity index (χ3n) is 5.55. The van der Waals surface area contributed by atoms with Crippen LogP contribution in [0, 0.1) is 27.7 Å². The Balaban J connectivity index is 2.43. The van der Waals surface area contributed by atoms with Crippen LogP contribution in [0.2, 0.25) is 0 Å². The van der Waals surface area contributed by atoms with Gasteiger partial charge in [0.05, 0.1) is 0 Å². The Kier molecular flexibility index (Phi) is 5.33. The summed E-state index contributed by atoms with van der Waals surface area (Å²) in [7, 11) is 3.04. The minimum atomic E-state index is 0.0923. The molecule has 0 aliphatic rings. The Morgan fingerprint density at radius 3 is 1.26 bits per heavy atom. The van der Waals surface area contributed by atoms with Crippen molar-refractivity contribution in [2.24, 2.45) is 0 Å². The van der Waals surface area contributed by atoms with E-state index in [-0.39, 0.29) is 5.41 Å². The zero-order valence-corrected chi connectivity index (χ0v) is 18.9. The Hall–Kier alpha value is -1.91. The van der Waals surface area contributed by atoms with Crippen LogP contribution in [0.1, 0.15) is 48.6 Å². The largest absolute Gasteiger partial charge is 0.104 e. The van der Waals surface area contributed by atoms with Gasteiger partial charge < -0.3 is 0 Å². The van der Waals surface area contributed by atoms with Crippen LogP contribution < -0.4 is 5.30 Å². The fourth-order valence-electron chi connectivity index (χ4n) is 3.98. The van der Waals surface area contributed by atoms with Gasteiger partial charge >= 0.3 is 0 Å². The highest BCUT2D eigenvalue weighted by Crippen LogP contribution is 2.37. The van der Waals surface area contributed by atoms with Crippen LogP contribution in [0.3, 0.4) is 0 Å². The molecule has 0 amide bonds. The van der Waals surface area contributed by atoms with Crippen LogP contribution >= 0.6 is 9.24 Å². The summed E-state index contributed by atoms with van der Waals surface area (Å²) in [6, 6.07) is 18.0. The summed E-state index contributed by atoms with van der Waals surface area (Å²) in [6.45, 7) is 15.8. The van der Waals surface area contributed by atoms with Crippen molar-refractivity contribution >= 4 is 14.5 Å². The smallest absolute Gasteiger partial charge is 0.00978 e. The number of rotatable bonds is 2. The normalized spacial score (nSPS) is 11.7. The van der Waals surface area contributed by atoms with Crippen molar-refractivity contribution in [3.8, 4) is 22.3 Å². The lowest BCUT2D eigenvalue weighted by molar-refractivity contribution is 0.591. The van der Waals surface area contributed by atoms with Gasteiger partial charge in [-0.05, 0) is 101 Å². The molecule has 3 aromatic carbocycles.